The van der Waals surface area contributed by atoms with E-state index in [0.29, 0.717) is 23.3 Å². The van der Waals surface area contributed by atoms with Gasteiger partial charge in [0.05, 0.1) is 9.79 Å². The van der Waals surface area contributed by atoms with Gasteiger partial charge in [-0.05, 0) is 154 Å². The van der Waals surface area contributed by atoms with Gasteiger partial charge in [0.25, 0.3) is 0 Å². The van der Waals surface area contributed by atoms with Crippen LogP contribution in [0.2, 0.25) is 0 Å². The van der Waals surface area contributed by atoms with Crippen LogP contribution in [0, 0.1) is 27.7 Å². The number of hydrogen-bond donors (Lipinski definition) is 0. The van der Waals surface area contributed by atoms with E-state index in [2.05, 4.69) is 0 Å². The first-order valence-corrected chi connectivity index (χ1v) is 22.6. The van der Waals surface area contributed by atoms with Crippen molar-refractivity contribution in [2.24, 2.45) is 0 Å². The lowest BCUT2D eigenvalue weighted by atomic mass is 9.72. The van der Waals surface area contributed by atoms with Gasteiger partial charge in [-0.15, -0.1) is 0 Å². The molecule has 346 valence electrons. The molecule has 0 aliphatic carbocycles. The second-order valence-electron chi connectivity index (χ2n) is 16.3. The molecule has 6 nitrogen and oxygen atoms in total. The number of hydrogen-bond acceptors (Lipinski definition) is 6. The Balaban J connectivity index is 1.31. The van der Waals surface area contributed by atoms with E-state index in [1.165, 1.54) is 36.4 Å². The molecule has 0 aliphatic heterocycles. The largest absolute Gasteiger partial charge is 0.457 e. The summed E-state index contributed by atoms with van der Waals surface area (Å²) in [7, 11) is -4.42. The summed E-state index contributed by atoms with van der Waals surface area (Å²) < 4.78 is 148. The SMILES string of the molecule is Cc1ccc(Oc2ccc(C(c3ccc(Oc4ccc(C)cc4)c(-c4cc(S(=O)(=O)c5ccc(Oc6ccc(C)cc6)cc5)ccc4Oc4ccc(C)cc4)c3)(C(F)(F)F)C(F)(F)F)cc2)cc1. The van der Waals surface area contributed by atoms with Crippen molar-refractivity contribution in [1.82, 2.24) is 0 Å². The lowest BCUT2D eigenvalue weighted by Crippen LogP contribution is -2.54. The molecule has 0 atom stereocenters. The van der Waals surface area contributed by atoms with Gasteiger partial charge in [-0.1, -0.05) is 89.0 Å². The number of benzene rings is 8. The number of halogens is 6. The molecule has 13 heteroatoms. The maximum atomic E-state index is 15.8. The monoisotopic (exact) mass is 944 g/mol. The molecular weight excluding hydrogens is 903 g/mol. The fourth-order valence-electron chi connectivity index (χ4n) is 7.57. The third-order valence-electron chi connectivity index (χ3n) is 11.2. The summed E-state index contributed by atoms with van der Waals surface area (Å²) >= 11 is 0. The number of alkyl halides is 6. The summed E-state index contributed by atoms with van der Waals surface area (Å²) in [6.07, 6.45) is -12.0. The summed E-state index contributed by atoms with van der Waals surface area (Å²) in [5, 5.41) is 0. The third kappa shape index (κ3) is 9.79. The molecule has 0 saturated heterocycles. The molecule has 0 saturated carbocycles. The topological polar surface area (TPSA) is 71.1 Å². The molecule has 0 radical (unpaired) electrons. The van der Waals surface area contributed by atoms with E-state index in [1.54, 1.807) is 84.9 Å². The molecule has 0 spiro atoms. The molecule has 0 unspecified atom stereocenters. The van der Waals surface area contributed by atoms with Crippen molar-refractivity contribution in [2.45, 2.75) is 55.3 Å². The Morgan fingerprint density at radius 3 is 1.01 bits per heavy atom. The van der Waals surface area contributed by atoms with E-state index in [0.717, 1.165) is 64.7 Å². The van der Waals surface area contributed by atoms with E-state index >= 15 is 26.3 Å². The van der Waals surface area contributed by atoms with Crippen LogP contribution in [0.25, 0.3) is 11.1 Å². The smallest absolute Gasteiger partial charge is 0.411 e. The van der Waals surface area contributed by atoms with E-state index in [-0.39, 0.29) is 49.7 Å². The van der Waals surface area contributed by atoms with Gasteiger partial charge in [0, 0.05) is 11.1 Å². The highest BCUT2D eigenvalue weighted by Gasteiger charge is 2.72. The Bertz CT molecular complexity index is 3140. The van der Waals surface area contributed by atoms with Gasteiger partial charge in [0.1, 0.15) is 46.0 Å². The number of rotatable bonds is 13. The highest BCUT2D eigenvalue weighted by molar-refractivity contribution is 7.91. The quantitative estimate of drug-likeness (QED) is 0.107. The zero-order valence-corrected chi connectivity index (χ0v) is 37.8. The molecule has 0 fully saturated rings. The van der Waals surface area contributed by atoms with Crippen molar-refractivity contribution in [3.8, 4) is 57.1 Å². The Labute approximate surface area is 389 Å². The first-order chi connectivity index (χ1) is 32.3. The Kier molecular flexibility index (Phi) is 12.9. The highest BCUT2D eigenvalue weighted by atomic mass is 32.2. The molecule has 0 N–H and O–H groups in total. The van der Waals surface area contributed by atoms with Crippen molar-refractivity contribution in [2.75, 3.05) is 0 Å². The lowest BCUT2D eigenvalue weighted by Gasteiger charge is -2.38. The van der Waals surface area contributed by atoms with Crippen molar-refractivity contribution >= 4 is 9.84 Å². The lowest BCUT2D eigenvalue weighted by molar-refractivity contribution is -0.288. The van der Waals surface area contributed by atoms with Crippen molar-refractivity contribution in [1.29, 1.82) is 0 Å². The molecule has 68 heavy (non-hydrogen) atoms. The molecule has 0 bridgehead atoms. The molecule has 0 amide bonds. The van der Waals surface area contributed by atoms with E-state index in [4.69, 9.17) is 18.9 Å². The first-order valence-electron chi connectivity index (χ1n) is 21.2. The molecule has 8 rings (SSSR count). The van der Waals surface area contributed by atoms with Gasteiger partial charge >= 0.3 is 12.4 Å². The summed E-state index contributed by atoms with van der Waals surface area (Å²) in [5.41, 5.74) is -3.85. The van der Waals surface area contributed by atoms with Gasteiger partial charge in [0.2, 0.25) is 15.3 Å². The van der Waals surface area contributed by atoms with Crippen molar-refractivity contribution < 1.29 is 53.7 Å². The van der Waals surface area contributed by atoms with Crippen molar-refractivity contribution in [3.05, 3.63) is 215 Å². The van der Waals surface area contributed by atoms with Gasteiger partial charge in [-0.3, -0.25) is 0 Å². The van der Waals surface area contributed by atoms with Crippen LogP contribution in [0.1, 0.15) is 33.4 Å². The van der Waals surface area contributed by atoms with E-state index < -0.39 is 38.7 Å². The Morgan fingerprint density at radius 1 is 0.338 bits per heavy atom. The number of ether oxygens (including phenoxy) is 4. The molecule has 0 heterocycles. The minimum absolute atomic E-state index is 0.00254. The van der Waals surface area contributed by atoms with Crippen LogP contribution in [0.4, 0.5) is 26.3 Å². The number of aryl methyl sites for hydroxylation is 4. The molecule has 8 aromatic carbocycles. The predicted molar refractivity (Wildman–Crippen MR) is 248 cm³/mol. The zero-order valence-electron chi connectivity index (χ0n) is 36.9. The minimum Gasteiger partial charge on any atom is -0.457 e. The second kappa shape index (κ2) is 18.6. The van der Waals surface area contributed by atoms with Crippen LogP contribution in [0.5, 0.6) is 46.0 Å². The molecule has 0 aromatic heterocycles. The fourth-order valence-corrected chi connectivity index (χ4v) is 8.85. The van der Waals surface area contributed by atoms with Gasteiger partial charge in [-0.25, -0.2) is 8.42 Å². The molecule has 8 aromatic rings. The highest BCUT2D eigenvalue weighted by Crippen LogP contribution is 2.58. The van der Waals surface area contributed by atoms with Crippen LogP contribution in [-0.4, -0.2) is 20.8 Å². The summed E-state index contributed by atoms with van der Waals surface area (Å²) in [5.74, 6) is 1.36. The van der Waals surface area contributed by atoms with E-state index in [9.17, 15) is 8.42 Å². The maximum absolute atomic E-state index is 15.8. The average molecular weight is 945 g/mol. The maximum Gasteiger partial charge on any atom is 0.411 e. The van der Waals surface area contributed by atoms with Crippen LogP contribution < -0.4 is 18.9 Å². The minimum atomic E-state index is -5.98. The van der Waals surface area contributed by atoms with Gasteiger partial charge in [-0.2, -0.15) is 26.3 Å². The van der Waals surface area contributed by atoms with Crippen molar-refractivity contribution in [3.63, 3.8) is 0 Å². The van der Waals surface area contributed by atoms with Crippen LogP contribution >= 0.6 is 0 Å². The average Bonchev–Trinajstić information content (AvgIpc) is 3.30. The zero-order chi connectivity index (χ0) is 48.4. The van der Waals surface area contributed by atoms with Crippen LogP contribution in [0.3, 0.4) is 0 Å². The standard InChI is InChI=1S/C55H42F6O6S/c1-35-5-16-41(17-6-35)64-43-24-13-39(14-25-43)53(54(56,57)58,55(59,60)61)40-15-31-51(66-45-20-9-37(3)10-21-45)49(33-40)50-34-48(30-32-52(50)67-46-22-11-38(4)12-23-46)68(62,63)47-28-26-44(27-29-47)65-42-18-7-36(2)8-19-42/h5-34H,1-4H3. The van der Waals surface area contributed by atoms with Gasteiger partial charge in [0.15, 0.2) is 0 Å². The predicted octanol–water partition coefficient (Wildman–Crippen LogP) is 16.0. The summed E-state index contributed by atoms with van der Waals surface area (Å²) in [6.45, 7) is 7.43. The Hall–Kier alpha value is -7.51. The van der Waals surface area contributed by atoms with Crippen LogP contribution in [-0.2, 0) is 15.3 Å². The van der Waals surface area contributed by atoms with Crippen LogP contribution in [0.15, 0.2) is 192 Å². The van der Waals surface area contributed by atoms with Gasteiger partial charge < -0.3 is 18.9 Å². The molecular formula is C55H42F6O6S. The van der Waals surface area contributed by atoms with E-state index in [1.807, 2.05) is 39.8 Å². The second-order valence-corrected chi connectivity index (χ2v) is 18.2. The third-order valence-corrected chi connectivity index (χ3v) is 13.0. The Morgan fingerprint density at radius 2 is 0.632 bits per heavy atom. The fraction of sp³-hybridized carbons (Fsp3) is 0.127. The number of sulfone groups is 1. The molecule has 0 aliphatic rings. The normalized spacial score (nSPS) is 12.1. The first kappa shape index (κ1) is 47.0. The summed E-state index contributed by atoms with van der Waals surface area (Å²) in [6, 6.07) is 42.6. The summed E-state index contributed by atoms with van der Waals surface area (Å²) in [4.78, 5) is -0.510.